The van der Waals surface area contributed by atoms with Crippen molar-refractivity contribution in [3.63, 3.8) is 0 Å². The van der Waals surface area contributed by atoms with E-state index in [1.807, 2.05) is 0 Å². The number of amides is 1. The first-order valence-corrected chi connectivity index (χ1v) is 10.8. The summed E-state index contributed by atoms with van der Waals surface area (Å²) < 4.78 is 55.6. The normalized spacial score (nSPS) is 16.5. The SMILES string of the molecule is Cc1ccc(OC2=CCN(c3ccc(OCCN4CCCC4)c(OC(F)F)c3)C2=O)cc1F. The molecule has 1 saturated heterocycles. The molecule has 0 aliphatic carbocycles. The van der Waals surface area contributed by atoms with Gasteiger partial charge in [0.1, 0.15) is 18.2 Å². The van der Waals surface area contributed by atoms with E-state index in [2.05, 4.69) is 9.64 Å². The molecule has 2 heterocycles. The summed E-state index contributed by atoms with van der Waals surface area (Å²) in [7, 11) is 0. The zero-order chi connectivity index (χ0) is 23.4. The Morgan fingerprint density at radius 3 is 2.58 bits per heavy atom. The van der Waals surface area contributed by atoms with Crippen LogP contribution in [-0.4, -0.2) is 50.2 Å². The molecule has 9 heteroatoms. The molecule has 176 valence electrons. The van der Waals surface area contributed by atoms with Gasteiger partial charge in [-0.3, -0.25) is 9.69 Å². The fourth-order valence-electron chi connectivity index (χ4n) is 3.81. The zero-order valence-electron chi connectivity index (χ0n) is 18.2. The van der Waals surface area contributed by atoms with Gasteiger partial charge in [-0.05, 0) is 62.7 Å². The number of carbonyl (C=O) groups is 1. The number of aryl methyl sites for hydroxylation is 1. The van der Waals surface area contributed by atoms with Crippen molar-refractivity contribution in [3.05, 3.63) is 59.6 Å². The van der Waals surface area contributed by atoms with Crippen LogP contribution in [0, 0.1) is 12.7 Å². The maximum Gasteiger partial charge on any atom is 0.387 e. The molecular weight excluding hydrogens is 437 g/mol. The van der Waals surface area contributed by atoms with Crippen LogP contribution in [0.3, 0.4) is 0 Å². The Morgan fingerprint density at radius 1 is 1.06 bits per heavy atom. The lowest BCUT2D eigenvalue weighted by atomic mass is 10.2. The van der Waals surface area contributed by atoms with Crippen LogP contribution in [0.4, 0.5) is 18.9 Å². The maximum atomic E-state index is 13.8. The topological polar surface area (TPSA) is 51.2 Å². The van der Waals surface area contributed by atoms with Crippen molar-refractivity contribution in [1.29, 1.82) is 0 Å². The number of hydrogen-bond donors (Lipinski definition) is 0. The quantitative estimate of drug-likeness (QED) is 0.549. The third kappa shape index (κ3) is 5.60. The van der Waals surface area contributed by atoms with Crippen LogP contribution in [0.5, 0.6) is 17.2 Å². The Bertz CT molecular complexity index is 1040. The van der Waals surface area contributed by atoms with Crippen molar-refractivity contribution in [2.24, 2.45) is 0 Å². The van der Waals surface area contributed by atoms with Gasteiger partial charge >= 0.3 is 6.61 Å². The summed E-state index contributed by atoms with van der Waals surface area (Å²) in [4.78, 5) is 16.4. The standard InChI is InChI=1S/C24H25F3N2O4/c1-16-4-6-18(15-19(16)25)32-21-8-11-29(23(21)30)17-5-7-20(22(14-17)33-24(26)27)31-13-12-28-9-2-3-10-28/h4-8,14-15,24H,2-3,9-13H2,1H3. The second kappa shape index (κ2) is 10.2. The predicted molar refractivity (Wildman–Crippen MR) is 116 cm³/mol. The largest absolute Gasteiger partial charge is 0.488 e. The van der Waals surface area contributed by atoms with E-state index in [1.54, 1.807) is 31.2 Å². The molecule has 0 spiro atoms. The van der Waals surface area contributed by atoms with Crippen molar-refractivity contribution in [1.82, 2.24) is 4.90 Å². The van der Waals surface area contributed by atoms with Gasteiger partial charge in [-0.15, -0.1) is 0 Å². The summed E-state index contributed by atoms with van der Waals surface area (Å²) >= 11 is 0. The molecule has 33 heavy (non-hydrogen) atoms. The lowest BCUT2D eigenvalue weighted by Gasteiger charge is -2.20. The molecule has 1 fully saturated rings. The lowest BCUT2D eigenvalue weighted by Crippen LogP contribution is -2.28. The molecule has 6 nitrogen and oxygen atoms in total. The van der Waals surface area contributed by atoms with Crippen LogP contribution in [-0.2, 0) is 4.79 Å². The van der Waals surface area contributed by atoms with E-state index in [4.69, 9.17) is 9.47 Å². The molecule has 0 bridgehead atoms. The third-order valence-electron chi connectivity index (χ3n) is 5.61. The van der Waals surface area contributed by atoms with Crippen molar-refractivity contribution in [3.8, 4) is 17.2 Å². The highest BCUT2D eigenvalue weighted by Crippen LogP contribution is 2.35. The van der Waals surface area contributed by atoms with Crippen LogP contribution in [0.25, 0.3) is 0 Å². The highest BCUT2D eigenvalue weighted by atomic mass is 19.3. The number of alkyl halides is 2. The van der Waals surface area contributed by atoms with E-state index in [-0.39, 0.29) is 29.6 Å². The molecule has 2 aliphatic rings. The van der Waals surface area contributed by atoms with Gasteiger partial charge in [-0.2, -0.15) is 8.78 Å². The molecule has 0 aromatic heterocycles. The first-order chi connectivity index (χ1) is 15.9. The summed E-state index contributed by atoms with van der Waals surface area (Å²) in [6, 6.07) is 8.78. The molecule has 2 aromatic rings. The molecule has 0 atom stereocenters. The Hall–Kier alpha value is -3.20. The number of rotatable bonds is 9. The highest BCUT2D eigenvalue weighted by Gasteiger charge is 2.28. The maximum absolute atomic E-state index is 13.8. The number of nitrogens with zero attached hydrogens (tertiary/aromatic N) is 2. The van der Waals surface area contributed by atoms with E-state index >= 15 is 0 Å². The van der Waals surface area contributed by atoms with E-state index in [0.717, 1.165) is 25.9 Å². The number of halogens is 3. The zero-order valence-corrected chi connectivity index (χ0v) is 18.2. The van der Waals surface area contributed by atoms with Crippen LogP contribution in [0.1, 0.15) is 18.4 Å². The number of benzene rings is 2. The van der Waals surface area contributed by atoms with E-state index in [0.29, 0.717) is 24.4 Å². The third-order valence-corrected chi connectivity index (χ3v) is 5.61. The molecular formula is C24H25F3N2O4. The van der Waals surface area contributed by atoms with E-state index in [1.165, 1.54) is 23.1 Å². The van der Waals surface area contributed by atoms with Gasteiger partial charge < -0.3 is 19.1 Å². The molecule has 0 unspecified atom stereocenters. The van der Waals surface area contributed by atoms with Gasteiger partial charge in [0.2, 0.25) is 0 Å². The number of likely N-dealkylation sites (tertiary alicyclic amines) is 1. The first-order valence-electron chi connectivity index (χ1n) is 10.8. The van der Waals surface area contributed by atoms with Gasteiger partial charge in [0.05, 0.1) is 0 Å². The van der Waals surface area contributed by atoms with E-state index in [9.17, 15) is 18.0 Å². The average Bonchev–Trinajstić information content (AvgIpc) is 3.42. The van der Waals surface area contributed by atoms with Crippen LogP contribution < -0.4 is 19.1 Å². The molecule has 0 radical (unpaired) electrons. The minimum atomic E-state index is -3.04. The van der Waals surface area contributed by atoms with Crippen molar-refractivity contribution in [2.75, 3.05) is 37.7 Å². The van der Waals surface area contributed by atoms with Gasteiger partial charge in [0.25, 0.3) is 5.91 Å². The summed E-state index contributed by atoms with van der Waals surface area (Å²) in [5.74, 6) is -0.647. The summed E-state index contributed by atoms with van der Waals surface area (Å²) in [6.07, 6.45) is 3.85. The molecule has 1 amide bonds. The second-order valence-electron chi connectivity index (χ2n) is 7.90. The second-order valence-corrected chi connectivity index (χ2v) is 7.90. The van der Waals surface area contributed by atoms with Gasteiger partial charge in [-0.1, -0.05) is 6.07 Å². The summed E-state index contributed by atoms with van der Waals surface area (Å²) in [5, 5.41) is 0. The Morgan fingerprint density at radius 2 is 1.85 bits per heavy atom. The van der Waals surface area contributed by atoms with Gasteiger partial charge in [0.15, 0.2) is 17.3 Å². The number of carbonyl (C=O) groups excluding carboxylic acids is 1. The fraction of sp³-hybridized carbons (Fsp3) is 0.375. The fourth-order valence-corrected chi connectivity index (χ4v) is 3.81. The van der Waals surface area contributed by atoms with Crippen LogP contribution >= 0.6 is 0 Å². The minimum Gasteiger partial charge on any atom is -0.488 e. The van der Waals surface area contributed by atoms with Gasteiger partial charge in [0, 0.05) is 30.9 Å². The van der Waals surface area contributed by atoms with Crippen LogP contribution in [0.15, 0.2) is 48.2 Å². The first kappa shape index (κ1) is 23.0. The smallest absolute Gasteiger partial charge is 0.387 e. The highest BCUT2D eigenvalue weighted by molar-refractivity contribution is 6.07. The van der Waals surface area contributed by atoms with Gasteiger partial charge in [-0.25, -0.2) is 4.39 Å². The van der Waals surface area contributed by atoms with Crippen molar-refractivity contribution < 1.29 is 32.2 Å². The monoisotopic (exact) mass is 462 g/mol. The lowest BCUT2D eigenvalue weighted by molar-refractivity contribution is -0.116. The Balaban J connectivity index is 1.44. The Labute approximate surface area is 190 Å². The molecule has 4 rings (SSSR count). The van der Waals surface area contributed by atoms with Crippen LogP contribution in [0.2, 0.25) is 0 Å². The number of ether oxygens (including phenoxy) is 3. The average molecular weight is 462 g/mol. The van der Waals surface area contributed by atoms with Crippen molar-refractivity contribution in [2.45, 2.75) is 26.4 Å². The predicted octanol–water partition coefficient (Wildman–Crippen LogP) is 4.52. The number of anilines is 1. The van der Waals surface area contributed by atoms with Crippen molar-refractivity contribution >= 4 is 11.6 Å². The number of hydrogen-bond acceptors (Lipinski definition) is 5. The molecule has 2 aliphatic heterocycles. The minimum absolute atomic E-state index is 0.0283. The molecule has 2 aromatic carbocycles. The summed E-state index contributed by atoms with van der Waals surface area (Å²) in [5.41, 5.74) is 0.817. The van der Waals surface area contributed by atoms with E-state index < -0.39 is 18.3 Å². The molecule has 0 saturated carbocycles. The molecule has 0 N–H and O–H groups in total. The summed E-state index contributed by atoms with van der Waals surface area (Å²) in [6.45, 7) is 1.81. The Kier molecular flexibility index (Phi) is 7.08.